The molecule has 5 nitrogen and oxygen atoms in total. The predicted molar refractivity (Wildman–Crippen MR) is 90.2 cm³/mol. The molecule has 0 bridgehead atoms. The summed E-state index contributed by atoms with van der Waals surface area (Å²) in [6, 6.07) is 9.04. The van der Waals surface area contributed by atoms with E-state index >= 15 is 0 Å². The lowest BCUT2D eigenvalue weighted by Crippen LogP contribution is -2.17. The van der Waals surface area contributed by atoms with Crippen LogP contribution in [0.25, 0.3) is 17.2 Å². The van der Waals surface area contributed by atoms with Crippen LogP contribution in [0, 0.1) is 0 Å². The summed E-state index contributed by atoms with van der Waals surface area (Å²) in [5, 5.41) is 3.80. The highest BCUT2D eigenvalue weighted by molar-refractivity contribution is 8.18. The van der Waals surface area contributed by atoms with Crippen LogP contribution in [-0.2, 0) is 9.53 Å². The summed E-state index contributed by atoms with van der Waals surface area (Å²) in [5.41, 5.74) is 2.29. The Morgan fingerprint density at radius 1 is 1.22 bits per heavy atom. The van der Waals surface area contributed by atoms with Crippen LogP contribution < -0.4 is 5.32 Å². The Balaban J connectivity index is 1.88. The molecular formula is C16H11NO4S2. The van der Waals surface area contributed by atoms with E-state index in [0.717, 1.165) is 27.8 Å². The SMILES string of the molecule is COC(=O)c1cccc(-c2csc(C=C3SC(=O)NC3=O)c2)c1. The minimum atomic E-state index is -0.387. The molecule has 1 aromatic heterocycles. The molecule has 0 radical (unpaired) electrons. The summed E-state index contributed by atoms with van der Waals surface area (Å²) in [4.78, 5) is 35.5. The molecule has 0 spiro atoms. The predicted octanol–water partition coefficient (Wildman–Crippen LogP) is 3.53. The molecule has 116 valence electrons. The van der Waals surface area contributed by atoms with Crippen LogP contribution in [0.4, 0.5) is 4.79 Å². The summed E-state index contributed by atoms with van der Waals surface area (Å²) < 4.78 is 4.72. The van der Waals surface area contributed by atoms with Gasteiger partial charge in [-0.2, -0.15) is 0 Å². The molecule has 0 unspecified atom stereocenters. The fourth-order valence-corrected chi connectivity index (χ4v) is 3.67. The van der Waals surface area contributed by atoms with E-state index < -0.39 is 0 Å². The summed E-state index contributed by atoms with van der Waals surface area (Å²) in [5.74, 6) is -0.760. The molecule has 2 aromatic rings. The van der Waals surface area contributed by atoms with Crippen molar-refractivity contribution in [2.75, 3.05) is 7.11 Å². The summed E-state index contributed by atoms with van der Waals surface area (Å²) >= 11 is 2.35. The van der Waals surface area contributed by atoms with E-state index in [1.807, 2.05) is 17.5 Å². The van der Waals surface area contributed by atoms with Gasteiger partial charge in [0.15, 0.2) is 0 Å². The van der Waals surface area contributed by atoms with Gasteiger partial charge in [0.1, 0.15) is 0 Å². The highest BCUT2D eigenvalue weighted by atomic mass is 32.2. The van der Waals surface area contributed by atoms with E-state index in [2.05, 4.69) is 5.32 Å². The zero-order valence-electron chi connectivity index (χ0n) is 12.0. The second-order valence-corrected chi connectivity index (χ2v) is 6.62. The van der Waals surface area contributed by atoms with Crippen molar-refractivity contribution in [2.24, 2.45) is 0 Å². The molecule has 1 saturated heterocycles. The number of esters is 1. The van der Waals surface area contributed by atoms with Gasteiger partial charge in [0.25, 0.3) is 11.1 Å². The maximum Gasteiger partial charge on any atom is 0.337 e. The summed E-state index contributed by atoms with van der Waals surface area (Å²) in [6.45, 7) is 0. The van der Waals surface area contributed by atoms with Crippen LogP contribution in [-0.4, -0.2) is 24.2 Å². The fourth-order valence-electron chi connectivity index (χ4n) is 2.07. The molecule has 0 saturated carbocycles. The van der Waals surface area contributed by atoms with Crippen molar-refractivity contribution in [1.82, 2.24) is 5.32 Å². The number of amides is 2. The first-order valence-electron chi connectivity index (χ1n) is 6.59. The first-order chi connectivity index (χ1) is 11.1. The van der Waals surface area contributed by atoms with Gasteiger partial charge in [-0.15, -0.1) is 11.3 Å². The molecule has 1 aliphatic heterocycles. The number of nitrogens with one attached hydrogen (secondary N) is 1. The quantitative estimate of drug-likeness (QED) is 0.680. The van der Waals surface area contributed by atoms with Crippen molar-refractivity contribution in [3.63, 3.8) is 0 Å². The first-order valence-corrected chi connectivity index (χ1v) is 8.28. The Morgan fingerprint density at radius 3 is 2.74 bits per heavy atom. The molecular weight excluding hydrogens is 334 g/mol. The lowest BCUT2D eigenvalue weighted by Gasteiger charge is -2.02. The molecule has 0 atom stereocenters. The van der Waals surface area contributed by atoms with Gasteiger partial charge in [0.2, 0.25) is 0 Å². The third-order valence-electron chi connectivity index (χ3n) is 3.15. The van der Waals surface area contributed by atoms with Crippen molar-refractivity contribution < 1.29 is 19.1 Å². The van der Waals surface area contributed by atoms with Gasteiger partial charge in [0, 0.05) is 4.88 Å². The Bertz CT molecular complexity index is 838. The zero-order chi connectivity index (χ0) is 16.4. The largest absolute Gasteiger partial charge is 0.465 e. The number of imide groups is 1. The minimum Gasteiger partial charge on any atom is -0.465 e. The van der Waals surface area contributed by atoms with E-state index in [1.165, 1.54) is 18.4 Å². The van der Waals surface area contributed by atoms with Crippen LogP contribution in [0.15, 0.2) is 40.6 Å². The van der Waals surface area contributed by atoms with Gasteiger partial charge in [-0.1, -0.05) is 12.1 Å². The smallest absolute Gasteiger partial charge is 0.337 e. The van der Waals surface area contributed by atoms with Gasteiger partial charge < -0.3 is 4.74 Å². The normalized spacial score (nSPS) is 15.8. The maximum absolute atomic E-state index is 11.6. The highest BCUT2D eigenvalue weighted by Gasteiger charge is 2.25. The van der Waals surface area contributed by atoms with E-state index in [0.29, 0.717) is 10.5 Å². The second-order valence-electron chi connectivity index (χ2n) is 4.66. The van der Waals surface area contributed by atoms with Gasteiger partial charge in [-0.3, -0.25) is 14.9 Å². The summed E-state index contributed by atoms with van der Waals surface area (Å²) in [6.07, 6.45) is 1.68. The minimum absolute atomic E-state index is 0.358. The molecule has 23 heavy (non-hydrogen) atoms. The topological polar surface area (TPSA) is 72.5 Å². The average Bonchev–Trinajstić information content (AvgIpc) is 3.14. The van der Waals surface area contributed by atoms with Crippen LogP contribution >= 0.6 is 23.1 Å². The van der Waals surface area contributed by atoms with Gasteiger partial charge in [0.05, 0.1) is 17.6 Å². The first kappa shape index (κ1) is 15.5. The average molecular weight is 345 g/mol. The zero-order valence-corrected chi connectivity index (χ0v) is 13.6. The standard InChI is InChI=1S/C16H11NO4S2/c1-21-15(19)10-4-2-3-9(5-10)11-6-12(22-8-11)7-13-14(18)17-16(20)23-13/h2-8H,1H3,(H,17,18,20). The van der Waals surface area contributed by atoms with Crippen LogP contribution in [0.5, 0.6) is 0 Å². The number of hydrogen-bond donors (Lipinski definition) is 1. The molecule has 1 aromatic carbocycles. The van der Waals surface area contributed by atoms with Crippen LogP contribution in [0.1, 0.15) is 15.2 Å². The van der Waals surface area contributed by atoms with Crippen molar-refractivity contribution >= 4 is 46.3 Å². The Kier molecular flexibility index (Phi) is 4.31. The molecule has 3 rings (SSSR count). The fraction of sp³-hybridized carbons (Fsp3) is 0.0625. The number of hydrogen-bond acceptors (Lipinski definition) is 6. The lowest BCUT2D eigenvalue weighted by atomic mass is 10.1. The van der Waals surface area contributed by atoms with Crippen molar-refractivity contribution in [1.29, 1.82) is 0 Å². The monoisotopic (exact) mass is 345 g/mol. The number of methoxy groups -OCH3 is 1. The second kappa shape index (κ2) is 6.39. The molecule has 0 aliphatic carbocycles. The molecule has 1 N–H and O–H groups in total. The third-order valence-corrected chi connectivity index (χ3v) is 4.84. The van der Waals surface area contributed by atoms with E-state index in [-0.39, 0.29) is 17.1 Å². The van der Waals surface area contributed by atoms with E-state index in [9.17, 15) is 14.4 Å². The number of carbonyl (C=O) groups is 3. The van der Waals surface area contributed by atoms with Crippen molar-refractivity contribution in [2.45, 2.75) is 0 Å². The molecule has 2 heterocycles. The Hall–Kier alpha value is -2.38. The number of benzene rings is 1. The maximum atomic E-state index is 11.6. The number of thiophene rings is 1. The van der Waals surface area contributed by atoms with E-state index in [4.69, 9.17) is 4.74 Å². The highest BCUT2D eigenvalue weighted by Crippen LogP contribution is 2.31. The number of rotatable bonds is 3. The Morgan fingerprint density at radius 2 is 2.04 bits per heavy atom. The molecule has 1 fully saturated rings. The summed E-state index contributed by atoms with van der Waals surface area (Å²) in [7, 11) is 1.34. The van der Waals surface area contributed by atoms with Crippen LogP contribution in [0.3, 0.4) is 0 Å². The van der Waals surface area contributed by atoms with Crippen molar-refractivity contribution in [3.8, 4) is 11.1 Å². The Labute approximate surface area is 140 Å². The van der Waals surface area contributed by atoms with Gasteiger partial charge in [-0.05, 0) is 52.5 Å². The van der Waals surface area contributed by atoms with Crippen molar-refractivity contribution in [3.05, 3.63) is 51.1 Å². The van der Waals surface area contributed by atoms with Gasteiger partial charge in [-0.25, -0.2) is 4.79 Å². The molecule has 7 heteroatoms. The molecule has 2 amide bonds. The lowest BCUT2D eigenvalue weighted by molar-refractivity contribution is -0.115. The van der Waals surface area contributed by atoms with Gasteiger partial charge >= 0.3 is 5.97 Å². The molecule has 1 aliphatic rings. The third kappa shape index (κ3) is 3.35. The number of ether oxygens (including phenoxy) is 1. The number of carbonyl (C=O) groups excluding carboxylic acids is 3. The number of thioether (sulfide) groups is 1. The van der Waals surface area contributed by atoms with Crippen LogP contribution in [0.2, 0.25) is 0 Å². The van der Waals surface area contributed by atoms with E-state index in [1.54, 1.807) is 24.3 Å².